The van der Waals surface area contributed by atoms with Gasteiger partial charge in [0.05, 0.1) is 17.7 Å². The molecule has 4 nitrogen and oxygen atoms in total. The summed E-state index contributed by atoms with van der Waals surface area (Å²) in [5, 5.41) is 12.5. The fourth-order valence-corrected chi connectivity index (χ4v) is 3.29. The van der Waals surface area contributed by atoms with E-state index in [-0.39, 0.29) is 12.5 Å². The zero-order valence-electron chi connectivity index (χ0n) is 10.3. The van der Waals surface area contributed by atoms with Crippen LogP contribution in [-0.4, -0.2) is 36.4 Å². The highest BCUT2D eigenvalue weighted by molar-refractivity contribution is 9.11. The first-order chi connectivity index (χ1) is 9.06. The van der Waals surface area contributed by atoms with Crippen molar-refractivity contribution < 1.29 is 14.6 Å². The third kappa shape index (κ3) is 3.56. The molecule has 0 spiro atoms. The molecule has 1 aliphatic rings. The molecule has 1 amide bonds. The van der Waals surface area contributed by atoms with Crippen molar-refractivity contribution in [2.45, 2.75) is 18.4 Å². The van der Waals surface area contributed by atoms with Crippen LogP contribution in [0, 0.1) is 0 Å². The van der Waals surface area contributed by atoms with Gasteiger partial charge < -0.3 is 15.2 Å². The minimum atomic E-state index is -0.568. The summed E-state index contributed by atoms with van der Waals surface area (Å²) < 4.78 is 6.90. The average molecular weight is 393 g/mol. The minimum Gasteiger partial charge on any atom is -0.394 e. The Hall–Kier alpha value is -0.430. The molecule has 1 saturated heterocycles. The highest BCUT2D eigenvalue weighted by Crippen LogP contribution is 2.25. The maximum Gasteiger partial charge on any atom is 0.252 e. The minimum absolute atomic E-state index is 0.0732. The molecule has 1 heterocycles. The number of carbonyl (C=O) groups is 1. The third-order valence-corrected chi connectivity index (χ3v) is 4.46. The van der Waals surface area contributed by atoms with Crippen molar-refractivity contribution in [3.05, 3.63) is 32.7 Å². The second kappa shape index (κ2) is 6.35. The van der Waals surface area contributed by atoms with Gasteiger partial charge in [-0.2, -0.15) is 0 Å². The van der Waals surface area contributed by atoms with Crippen LogP contribution in [0.5, 0.6) is 0 Å². The molecule has 0 aromatic heterocycles. The second-order valence-electron chi connectivity index (χ2n) is 4.63. The molecule has 2 rings (SSSR count). The van der Waals surface area contributed by atoms with E-state index in [2.05, 4.69) is 37.2 Å². The number of halogens is 2. The molecule has 0 saturated carbocycles. The number of amides is 1. The van der Waals surface area contributed by atoms with Gasteiger partial charge >= 0.3 is 0 Å². The normalized spacial score (nSPS) is 18.1. The van der Waals surface area contributed by atoms with Crippen LogP contribution < -0.4 is 5.32 Å². The molecular formula is C13H15Br2NO3. The molecule has 6 heteroatoms. The largest absolute Gasteiger partial charge is 0.394 e. The van der Waals surface area contributed by atoms with Gasteiger partial charge in [-0.3, -0.25) is 4.79 Å². The van der Waals surface area contributed by atoms with Crippen LogP contribution >= 0.6 is 31.9 Å². The fourth-order valence-electron chi connectivity index (χ4n) is 2.07. The van der Waals surface area contributed by atoms with Crippen molar-refractivity contribution in [2.24, 2.45) is 0 Å². The summed E-state index contributed by atoms with van der Waals surface area (Å²) in [7, 11) is 0. The van der Waals surface area contributed by atoms with Crippen molar-refractivity contribution in [3.63, 3.8) is 0 Å². The fraction of sp³-hybridized carbons (Fsp3) is 0.462. The highest BCUT2D eigenvalue weighted by Gasteiger charge is 2.34. The van der Waals surface area contributed by atoms with Gasteiger partial charge in [-0.25, -0.2) is 0 Å². The maximum absolute atomic E-state index is 12.3. The van der Waals surface area contributed by atoms with Crippen LogP contribution in [0.15, 0.2) is 27.1 Å². The Kier molecular flexibility index (Phi) is 5.00. The van der Waals surface area contributed by atoms with Crippen LogP contribution in [0.4, 0.5) is 0 Å². The number of carbonyl (C=O) groups excluding carboxylic acids is 1. The quantitative estimate of drug-likeness (QED) is 0.830. The number of ether oxygens (including phenoxy) is 1. The topological polar surface area (TPSA) is 58.6 Å². The molecule has 2 N–H and O–H groups in total. The molecule has 1 aromatic carbocycles. The van der Waals surface area contributed by atoms with Crippen molar-refractivity contribution in [3.8, 4) is 0 Å². The predicted octanol–water partition coefficient (Wildman–Crippen LogP) is 2.48. The van der Waals surface area contributed by atoms with E-state index < -0.39 is 5.54 Å². The van der Waals surface area contributed by atoms with E-state index >= 15 is 0 Å². The van der Waals surface area contributed by atoms with Crippen LogP contribution in [-0.2, 0) is 4.74 Å². The zero-order chi connectivity index (χ0) is 13.9. The monoisotopic (exact) mass is 391 g/mol. The average Bonchev–Trinajstić information content (AvgIpc) is 2.39. The van der Waals surface area contributed by atoms with Crippen molar-refractivity contribution in [2.75, 3.05) is 19.8 Å². The van der Waals surface area contributed by atoms with Gasteiger partial charge in [-0.15, -0.1) is 0 Å². The molecule has 0 radical (unpaired) electrons. The number of hydrogen-bond acceptors (Lipinski definition) is 3. The predicted molar refractivity (Wildman–Crippen MR) is 79.2 cm³/mol. The van der Waals surface area contributed by atoms with E-state index in [1.54, 1.807) is 6.07 Å². The Bertz CT molecular complexity index is 473. The van der Waals surface area contributed by atoms with Crippen molar-refractivity contribution in [1.29, 1.82) is 0 Å². The van der Waals surface area contributed by atoms with Crippen molar-refractivity contribution >= 4 is 37.8 Å². The summed E-state index contributed by atoms with van der Waals surface area (Å²) in [6.45, 7) is 1.04. The molecule has 1 aliphatic heterocycles. The first kappa shape index (κ1) is 15.0. The SMILES string of the molecule is O=C(NC1(CO)CCOCC1)c1ccc(Br)cc1Br. The summed E-state index contributed by atoms with van der Waals surface area (Å²) >= 11 is 6.72. The van der Waals surface area contributed by atoms with Gasteiger partial charge in [0.2, 0.25) is 0 Å². The molecule has 104 valence electrons. The van der Waals surface area contributed by atoms with Crippen LogP contribution in [0.1, 0.15) is 23.2 Å². The Morgan fingerprint density at radius 1 is 1.37 bits per heavy atom. The molecule has 1 fully saturated rings. The lowest BCUT2D eigenvalue weighted by Gasteiger charge is -2.36. The molecular weight excluding hydrogens is 378 g/mol. The van der Waals surface area contributed by atoms with Crippen LogP contribution in [0.3, 0.4) is 0 Å². The lowest BCUT2D eigenvalue weighted by atomic mass is 9.90. The van der Waals surface area contributed by atoms with Crippen LogP contribution in [0.25, 0.3) is 0 Å². The highest BCUT2D eigenvalue weighted by atomic mass is 79.9. The third-order valence-electron chi connectivity index (χ3n) is 3.31. The maximum atomic E-state index is 12.3. The number of hydrogen-bond donors (Lipinski definition) is 2. The van der Waals surface area contributed by atoms with E-state index in [0.717, 1.165) is 8.95 Å². The number of rotatable bonds is 3. The van der Waals surface area contributed by atoms with E-state index in [1.807, 2.05) is 12.1 Å². The van der Waals surface area contributed by atoms with Gasteiger partial charge in [0.15, 0.2) is 0 Å². The summed E-state index contributed by atoms with van der Waals surface area (Å²) in [6, 6.07) is 5.38. The summed E-state index contributed by atoms with van der Waals surface area (Å²) in [4.78, 5) is 12.3. The molecule has 1 aromatic rings. The van der Waals surface area contributed by atoms with Gasteiger partial charge in [-0.05, 0) is 47.0 Å². The van der Waals surface area contributed by atoms with Gasteiger partial charge in [0, 0.05) is 22.2 Å². The van der Waals surface area contributed by atoms with Crippen LogP contribution in [0.2, 0.25) is 0 Å². The van der Waals surface area contributed by atoms with E-state index in [4.69, 9.17) is 4.74 Å². The Morgan fingerprint density at radius 2 is 2.05 bits per heavy atom. The van der Waals surface area contributed by atoms with Gasteiger partial charge in [-0.1, -0.05) is 15.9 Å². The van der Waals surface area contributed by atoms with E-state index in [1.165, 1.54) is 0 Å². The molecule has 0 bridgehead atoms. The number of benzene rings is 1. The molecule has 0 unspecified atom stereocenters. The zero-order valence-corrected chi connectivity index (χ0v) is 13.5. The number of aliphatic hydroxyl groups excluding tert-OH is 1. The summed E-state index contributed by atoms with van der Waals surface area (Å²) in [5.41, 5.74) is -0.00973. The van der Waals surface area contributed by atoms with E-state index in [0.29, 0.717) is 31.6 Å². The Labute approximate surface area is 128 Å². The smallest absolute Gasteiger partial charge is 0.252 e. The lowest BCUT2D eigenvalue weighted by molar-refractivity contribution is 0.0125. The number of aliphatic hydroxyl groups is 1. The van der Waals surface area contributed by atoms with E-state index in [9.17, 15) is 9.90 Å². The van der Waals surface area contributed by atoms with Gasteiger partial charge in [0.25, 0.3) is 5.91 Å². The second-order valence-corrected chi connectivity index (χ2v) is 6.40. The molecule has 0 aliphatic carbocycles. The molecule has 19 heavy (non-hydrogen) atoms. The molecule has 0 atom stereocenters. The first-order valence-electron chi connectivity index (χ1n) is 6.02. The Morgan fingerprint density at radius 3 is 2.63 bits per heavy atom. The summed E-state index contributed by atoms with van der Waals surface area (Å²) in [6.07, 6.45) is 1.26. The first-order valence-corrected chi connectivity index (χ1v) is 7.61. The van der Waals surface area contributed by atoms with Gasteiger partial charge in [0.1, 0.15) is 0 Å². The summed E-state index contributed by atoms with van der Waals surface area (Å²) in [5.74, 6) is -0.185. The number of nitrogens with one attached hydrogen (secondary N) is 1. The standard InChI is InChI=1S/C13H15Br2NO3/c14-9-1-2-10(11(15)7-9)12(18)16-13(8-17)3-5-19-6-4-13/h1-2,7,17H,3-6,8H2,(H,16,18). The lowest BCUT2D eigenvalue weighted by Crippen LogP contribution is -2.54. The Balaban J connectivity index is 2.15. The van der Waals surface area contributed by atoms with Crippen molar-refractivity contribution in [1.82, 2.24) is 5.32 Å².